The van der Waals surface area contributed by atoms with E-state index in [9.17, 15) is 9.59 Å². The smallest absolute Gasteiger partial charge is 0.309 e. The van der Waals surface area contributed by atoms with E-state index in [2.05, 4.69) is 15.2 Å². The van der Waals surface area contributed by atoms with Gasteiger partial charge in [0.05, 0.1) is 18.0 Å². The van der Waals surface area contributed by atoms with Gasteiger partial charge in [0.15, 0.2) is 0 Å². The van der Waals surface area contributed by atoms with E-state index in [4.69, 9.17) is 4.74 Å². The highest BCUT2D eigenvalue weighted by molar-refractivity contribution is 5.92. The Morgan fingerprint density at radius 3 is 2.67 bits per heavy atom. The Kier molecular flexibility index (Phi) is 4.69. The normalized spacial score (nSPS) is 15.5. The van der Waals surface area contributed by atoms with Gasteiger partial charge in [0, 0.05) is 13.1 Å². The van der Waals surface area contributed by atoms with Gasteiger partial charge in [0.1, 0.15) is 5.52 Å². The van der Waals surface area contributed by atoms with Crippen molar-refractivity contribution in [3.8, 4) is 0 Å². The molecule has 126 valence electrons. The van der Waals surface area contributed by atoms with Crippen LogP contribution in [0.3, 0.4) is 0 Å². The van der Waals surface area contributed by atoms with Crippen molar-refractivity contribution >= 4 is 22.9 Å². The molecule has 2 aromatic rings. The summed E-state index contributed by atoms with van der Waals surface area (Å²) in [7, 11) is 0. The van der Waals surface area contributed by atoms with Gasteiger partial charge in [-0.1, -0.05) is 6.07 Å². The summed E-state index contributed by atoms with van der Waals surface area (Å²) in [5, 5.41) is 8.02. The molecule has 7 heteroatoms. The number of aromatic nitrogens is 3. The molecule has 1 aliphatic rings. The zero-order valence-corrected chi connectivity index (χ0v) is 13.9. The Morgan fingerprint density at radius 1 is 1.21 bits per heavy atom. The number of esters is 1. The van der Waals surface area contributed by atoms with Gasteiger partial charge in [-0.05, 0) is 44.4 Å². The Bertz CT molecular complexity index is 770. The lowest BCUT2D eigenvalue weighted by Gasteiger charge is -2.30. The van der Waals surface area contributed by atoms with Crippen molar-refractivity contribution in [1.29, 1.82) is 0 Å². The van der Waals surface area contributed by atoms with Crippen LogP contribution in [0, 0.1) is 12.8 Å². The third-order valence-electron chi connectivity index (χ3n) is 4.20. The molecule has 1 aromatic carbocycles. The first-order valence-electron chi connectivity index (χ1n) is 8.15. The fourth-order valence-electron chi connectivity index (χ4n) is 2.86. The summed E-state index contributed by atoms with van der Waals surface area (Å²) in [5.41, 5.74) is 2.38. The fourth-order valence-corrected chi connectivity index (χ4v) is 2.86. The highest BCUT2D eigenvalue weighted by Crippen LogP contribution is 2.20. The van der Waals surface area contributed by atoms with Crippen molar-refractivity contribution in [2.45, 2.75) is 26.7 Å². The van der Waals surface area contributed by atoms with Crippen molar-refractivity contribution in [1.82, 2.24) is 20.1 Å². The maximum atomic E-state index is 12.6. The molecule has 2 heterocycles. The summed E-state index contributed by atoms with van der Waals surface area (Å²) >= 11 is 0. The number of aryl methyl sites for hydroxylation is 1. The number of amides is 1. The minimum Gasteiger partial charge on any atom is -0.466 e. The largest absolute Gasteiger partial charge is 0.466 e. The second kappa shape index (κ2) is 6.90. The van der Waals surface area contributed by atoms with E-state index >= 15 is 0 Å². The van der Waals surface area contributed by atoms with Gasteiger partial charge in [0.25, 0.3) is 5.91 Å². The zero-order valence-electron chi connectivity index (χ0n) is 13.9. The van der Waals surface area contributed by atoms with Crippen LogP contribution in [0.2, 0.25) is 0 Å². The van der Waals surface area contributed by atoms with E-state index < -0.39 is 0 Å². The molecule has 0 bridgehead atoms. The number of fused-ring (bicyclic) bond motifs is 1. The maximum absolute atomic E-state index is 12.6. The highest BCUT2D eigenvalue weighted by Gasteiger charge is 2.29. The number of hydrogen-bond donors (Lipinski definition) is 0. The van der Waals surface area contributed by atoms with E-state index in [0.717, 1.165) is 5.56 Å². The minimum atomic E-state index is -0.242. The molecule has 0 spiro atoms. The topological polar surface area (TPSA) is 85.3 Å². The summed E-state index contributed by atoms with van der Waals surface area (Å²) in [4.78, 5) is 30.4. The molecule has 1 amide bonds. The van der Waals surface area contributed by atoms with Gasteiger partial charge < -0.3 is 9.64 Å². The van der Waals surface area contributed by atoms with Crippen molar-refractivity contribution < 1.29 is 14.3 Å². The summed E-state index contributed by atoms with van der Waals surface area (Å²) < 4.78 is 5.04. The quantitative estimate of drug-likeness (QED) is 0.798. The maximum Gasteiger partial charge on any atom is 0.309 e. The number of ether oxygens (including phenoxy) is 1. The number of piperidine rings is 1. The van der Waals surface area contributed by atoms with Crippen LogP contribution in [0.5, 0.6) is 0 Å². The molecule has 1 aliphatic heterocycles. The molecule has 24 heavy (non-hydrogen) atoms. The van der Waals surface area contributed by atoms with Crippen LogP contribution in [-0.4, -0.2) is 51.7 Å². The van der Waals surface area contributed by atoms with Gasteiger partial charge in [-0.25, -0.2) is 4.98 Å². The first-order valence-corrected chi connectivity index (χ1v) is 8.15. The van der Waals surface area contributed by atoms with Crippen LogP contribution in [0.1, 0.15) is 35.9 Å². The second-order valence-electron chi connectivity index (χ2n) is 5.95. The molecular formula is C17H20N4O3. The summed E-state index contributed by atoms with van der Waals surface area (Å²) in [5.74, 6) is -0.452. The first-order chi connectivity index (χ1) is 11.6. The summed E-state index contributed by atoms with van der Waals surface area (Å²) in [6, 6.07) is 5.65. The Hall–Kier alpha value is -2.57. The van der Waals surface area contributed by atoms with Gasteiger partial charge in [-0.2, -0.15) is 0 Å². The number of carbonyl (C=O) groups excluding carboxylic acids is 2. The van der Waals surface area contributed by atoms with Crippen LogP contribution < -0.4 is 0 Å². The molecule has 0 N–H and O–H groups in total. The first kappa shape index (κ1) is 16.3. The monoisotopic (exact) mass is 328 g/mol. The van der Waals surface area contributed by atoms with Crippen molar-refractivity contribution in [3.05, 3.63) is 29.6 Å². The lowest BCUT2D eigenvalue weighted by molar-refractivity contribution is -0.149. The Morgan fingerprint density at radius 2 is 1.96 bits per heavy atom. The number of likely N-dealkylation sites (tertiary alicyclic amines) is 1. The van der Waals surface area contributed by atoms with E-state index in [1.54, 1.807) is 11.8 Å². The molecule has 3 rings (SSSR count). The van der Waals surface area contributed by atoms with Crippen LogP contribution >= 0.6 is 0 Å². The molecule has 0 radical (unpaired) electrons. The minimum absolute atomic E-state index is 0.0997. The molecule has 1 aromatic heterocycles. The van der Waals surface area contributed by atoms with E-state index in [1.165, 1.54) is 0 Å². The third-order valence-corrected chi connectivity index (χ3v) is 4.20. The number of nitrogens with zero attached hydrogens (tertiary/aromatic N) is 4. The van der Waals surface area contributed by atoms with E-state index in [0.29, 0.717) is 43.6 Å². The van der Waals surface area contributed by atoms with Gasteiger partial charge >= 0.3 is 5.97 Å². The molecule has 0 saturated carbocycles. The number of benzene rings is 1. The van der Waals surface area contributed by atoms with Crippen LogP contribution in [0.25, 0.3) is 11.0 Å². The van der Waals surface area contributed by atoms with E-state index in [-0.39, 0.29) is 23.6 Å². The van der Waals surface area contributed by atoms with Gasteiger partial charge in [-0.3, -0.25) is 9.59 Å². The van der Waals surface area contributed by atoms with Crippen LogP contribution in [-0.2, 0) is 9.53 Å². The van der Waals surface area contributed by atoms with Crippen molar-refractivity contribution in [3.63, 3.8) is 0 Å². The van der Waals surface area contributed by atoms with Crippen LogP contribution in [0.4, 0.5) is 0 Å². The average molecular weight is 328 g/mol. The summed E-state index contributed by atoms with van der Waals surface area (Å²) in [6.45, 7) is 5.13. The van der Waals surface area contributed by atoms with Crippen molar-refractivity contribution in [2.24, 2.45) is 5.92 Å². The fraction of sp³-hybridized carbons (Fsp3) is 0.471. The predicted octanol–water partition coefficient (Wildman–Crippen LogP) is 1.75. The Balaban J connectivity index is 1.70. The lowest BCUT2D eigenvalue weighted by Crippen LogP contribution is -2.41. The number of hydrogen-bond acceptors (Lipinski definition) is 6. The van der Waals surface area contributed by atoms with Crippen molar-refractivity contribution in [2.75, 3.05) is 19.7 Å². The van der Waals surface area contributed by atoms with Gasteiger partial charge in [-0.15, -0.1) is 10.2 Å². The second-order valence-corrected chi connectivity index (χ2v) is 5.95. The molecule has 0 aliphatic carbocycles. The molecule has 7 nitrogen and oxygen atoms in total. The Labute approximate surface area is 140 Å². The standard InChI is InChI=1S/C17H20N4O3/c1-3-24-17(23)12-6-8-21(9-7-12)16(22)15-18-14-10-11(2)4-5-13(14)19-20-15/h4-5,10,12H,3,6-9H2,1-2H3. The number of carbonyl (C=O) groups is 2. The lowest BCUT2D eigenvalue weighted by atomic mass is 9.97. The molecule has 0 atom stereocenters. The average Bonchev–Trinajstić information content (AvgIpc) is 2.60. The van der Waals surface area contributed by atoms with Crippen LogP contribution in [0.15, 0.2) is 18.2 Å². The zero-order chi connectivity index (χ0) is 17.1. The molecule has 1 saturated heterocycles. The highest BCUT2D eigenvalue weighted by atomic mass is 16.5. The summed E-state index contributed by atoms with van der Waals surface area (Å²) in [6.07, 6.45) is 1.20. The SMILES string of the molecule is CCOC(=O)C1CCN(C(=O)c2nnc3ccc(C)cc3n2)CC1. The third kappa shape index (κ3) is 3.34. The number of rotatable bonds is 3. The predicted molar refractivity (Wildman–Crippen MR) is 87.3 cm³/mol. The molecule has 0 unspecified atom stereocenters. The molecule has 1 fully saturated rings. The van der Waals surface area contributed by atoms with E-state index in [1.807, 2.05) is 25.1 Å². The van der Waals surface area contributed by atoms with Gasteiger partial charge in [0.2, 0.25) is 5.82 Å². The molecular weight excluding hydrogens is 308 g/mol.